The molecule has 6 rings (SSSR count). The highest BCUT2D eigenvalue weighted by Crippen LogP contribution is 2.46. The molecule has 9 nitrogen and oxygen atoms in total. The van der Waals surface area contributed by atoms with Crippen molar-refractivity contribution in [1.29, 1.82) is 0 Å². The fraction of sp³-hybridized carbons (Fsp3) is 0.448. The summed E-state index contributed by atoms with van der Waals surface area (Å²) in [6.45, 7) is 7.29. The molecule has 3 aliphatic rings. The number of hydrogen-bond acceptors (Lipinski definition) is 7. The van der Waals surface area contributed by atoms with Gasteiger partial charge in [0.15, 0.2) is 5.60 Å². The molecule has 0 bridgehead atoms. The van der Waals surface area contributed by atoms with Crippen LogP contribution in [-0.2, 0) is 45.9 Å². The largest absolute Gasteiger partial charge is 0.458 e. The fourth-order valence-electron chi connectivity index (χ4n) is 6.44. The van der Waals surface area contributed by atoms with Crippen molar-refractivity contribution in [2.24, 2.45) is 5.92 Å². The number of aryl methyl sites for hydroxylation is 1. The molecule has 0 radical (unpaired) electrons. The molecule has 0 spiro atoms. The normalized spacial score (nSPS) is 21.2. The van der Waals surface area contributed by atoms with Gasteiger partial charge in [-0.25, -0.2) is 9.78 Å². The van der Waals surface area contributed by atoms with E-state index in [1.54, 1.807) is 10.6 Å². The van der Waals surface area contributed by atoms with Crippen LogP contribution in [-0.4, -0.2) is 38.2 Å². The molecular weight excluding hydrogens is 486 g/mol. The molecule has 0 fully saturated rings. The van der Waals surface area contributed by atoms with Gasteiger partial charge in [0, 0.05) is 16.5 Å². The van der Waals surface area contributed by atoms with E-state index in [2.05, 4.69) is 32.2 Å². The van der Waals surface area contributed by atoms with Crippen LogP contribution in [0.25, 0.3) is 22.3 Å². The third kappa shape index (κ3) is 3.45. The molecule has 1 aliphatic carbocycles. The molecule has 198 valence electrons. The lowest BCUT2D eigenvalue weighted by Crippen LogP contribution is -2.42. The number of amides is 1. The van der Waals surface area contributed by atoms with Crippen LogP contribution in [0.15, 0.2) is 16.9 Å². The maximum absolute atomic E-state index is 13.6. The minimum Gasteiger partial charge on any atom is -0.458 e. The number of hydrogen-bond donors (Lipinski definition) is 3. The predicted octanol–water partition coefficient (Wildman–Crippen LogP) is 2.29. The van der Waals surface area contributed by atoms with Gasteiger partial charge in [-0.1, -0.05) is 13.8 Å². The summed E-state index contributed by atoms with van der Waals surface area (Å²) in [6, 6.07) is 3.45. The van der Waals surface area contributed by atoms with Crippen LogP contribution in [0.3, 0.4) is 0 Å². The number of benzene rings is 1. The molecule has 1 amide bonds. The smallest absolute Gasteiger partial charge is 0.342 e. The van der Waals surface area contributed by atoms with E-state index in [1.165, 1.54) is 23.6 Å². The first-order valence-electron chi connectivity index (χ1n) is 13.1. The molecule has 4 heterocycles. The second kappa shape index (κ2) is 8.47. The van der Waals surface area contributed by atoms with Gasteiger partial charge in [0.05, 0.1) is 35.1 Å². The lowest BCUT2D eigenvalue weighted by atomic mass is 9.79. The highest BCUT2D eigenvalue weighted by Gasteiger charge is 2.43. The number of aliphatic hydroxyl groups is 2. The van der Waals surface area contributed by atoms with Crippen molar-refractivity contribution in [1.82, 2.24) is 14.9 Å². The summed E-state index contributed by atoms with van der Waals surface area (Å²) in [5.74, 6) is -0.792. The van der Waals surface area contributed by atoms with E-state index >= 15 is 0 Å². The van der Waals surface area contributed by atoms with E-state index in [-0.39, 0.29) is 35.9 Å². The lowest BCUT2D eigenvalue weighted by molar-refractivity contribution is -0.169. The lowest BCUT2D eigenvalue weighted by Gasteiger charge is -2.30. The first-order chi connectivity index (χ1) is 18.0. The van der Waals surface area contributed by atoms with E-state index in [0.717, 1.165) is 34.9 Å². The molecule has 3 N–H and O–H groups in total. The van der Waals surface area contributed by atoms with Crippen LogP contribution in [0.2, 0.25) is 0 Å². The number of nitrogens with zero attached hydrogens (tertiary/aromatic N) is 2. The Labute approximate surface area is 219 Å². The van der Waals surface area contributed by atoms with Gasteiger partial charge in [-0.15, -0.1) is 0 Å². The number of fused-ring (bicyclic) bond motifs is 5. The molecule has 1 aromatic carbocycles. The van der Waals surface area contributed by atoms with Gasteiger partial charge in [-0.3, -0.25) is 9.59 Å². The highest BCUT2D eigenvalue weighted by atomic mass is 16.6. The molecule has 0 saturated heterocycles. The maximum Gasteiger partial charge on any atom is 0.342 e. The van der Waals surface area contributed by atoms with Crippen molar-refractivity contribution in [2.45, 2.75) is 71.8 Å². The summed E-state index contributed by atoms with van der Waals surface area (Å²) < 4.78 is 6.73. The Morgan fingerprint density at radius 2 is 2.03 bits per heavy atom. The summed E-state index contributed by atoms with van der Waals surface area (Å²) in [5, 5.41) is 24.3. The Hall–Kier alpha value is -3.56. The standard InChI is InChI=1S/C29H31N3O6/c1-13(2)7-15-8-21-24-16(14(15)3)5-6-20(30-23(34)11-33)25(24)17-10-32-22(26(17)31-21)9-19-18(27(32)35)12-38-28(36)29(19,4)37/h8-9,13,20,33,37H,5-7,10-12H2,1-4H3,(H,30,34)/t20-,29-/m0/s1. The monoisotopic (exact) mass is 517 g/mol. The molecule has 3 aromatic rings. The fourth-order valence-corrected chi connectivity index (χ4v) is 6.44. The third-order valence-electron chi connectivity index (χ3n) is 8.28. The van der Waals surface area contributed by atoms with Gasteiger partial charge in [0.1, 0.15) is 13.2 Å². The molecule has 2 atom stereocenters. The summed E-state index contributed by atoms with van der Waals surface area (Å²) in [6.07, 6.45) is 2.33. The average molecular weight is 518 g/mol. The van der Waals surface area contributed by atoms with Gasteiger partial charge >= 0.3 is 5.97 Å². The van der Waals surface area contributed by atoms with Gasteiger partial charge in [-0.2, -0.15) is 0 Å². The number of esters is 1. The Balaban J connectivity index is 1.66. The van der Waals surface area contributed by atoms with Crippen LogP contribution < -0.4 is 10.9 Å². The van der Waals surface area contributed by atoms with Crippen LogP contribution in [0.4, 0.5) is 0 Å². The number of rotatable bonds is 4. The van der Waals surface area contributed by atoms with E-state index in [1.807, 2.05) is 0 Å². The first kappa shape index (κ1) is 24.8. The zero-order chi connectivity index (χ0) is 27.1. The van der Waals surface area contributed by atoms with Crippen molar-refractivity contribution in [2.75, 3.05) is 6.61 Å². The number of carbonyl (C=O) groups is 2. The van der Waals surface area contributed by atoms with Gasteiger partial charge in [0.25, 0.3) is 5.56 Å². The number of aromatic nitrogens is 2. The highest BCUT2D eigenvalue weighted by molar-refractivity contribution is 5.94. The molecule has 2 aliphatic heterocycles. The zero-order valence-corrected chi connectivity index (χ0v) is 22.0. The Bertz CT molecular complexity index is 1620. The number of cyclic esters (lactones) is 1. The topological polar surface area (TPSA) is 131 Å². The molecule has 2 aromatic heterocycles. The second-order valence-electron chi connectivity index (χ2n) is 11.3. The minimum atomic E-state index is -1.94. The zero-order valence-electron chi connectivity index (χ0n) is 22.0. The van der Waals surface area contributed by atoms with Crippen LogP contribution in [0, 0.1) is 12.8 Å². The number of nitrogens with one attached hydrogen (secondary N) is 1. The number of ether oxygens (including phenoxy) is 1. The summed E-state index contributed by atoms with van der Waals surface area (Å²) in [7, 11) is 0. The maximum atomic E-state index is 13.6. The molecular formula is C29H31N3O6. The first-order valence-corrected chi connectivity index (χ1v) is 13.1. The van der Waals surface area contributed by atoms with Crippen molar-refractivity contribution < 1.29 is 24.5 Å². The molecule has 0 unspecified atom stereocenters. The summed E-state index contributed by atoms with van der Waals surface area (Å²) in [5.41, 5.74) is 5.59. The van der Waals surface area contributed by atoms with Gasteiger partial charge in [0.2, 0.25) is 5.91 Å². The predicted molar refractivity (Wildman–Crippen MR) is 139 cm³/mol. The van der Waals surface area contributed by atoms with Crippen molar-refractivity contribution in [3.63, 3.8) is 0 Å². The van der Waals surface area contributed by atoms with Gasteiger partial charge in [-0.05, 0) is 73.4 Å². The van der Waals surface area contributed by atoms with Crippen molar-refractivity contribution in [3.05, 3.63) is 61.4 Å². The Morgan fingerprint density at radius 1 is 1.26 bits per heavy atom. The second-order valence-corrected chi connectivity index (χ2v) is 11.3. The number of carbonyl (C=O) groups excluding carboxylic acids is 2. The van der Waals surface area contributed by atoms with E-state index in [9.17, 15) is 24.6 Å². The third-order valence-corrected chi connectivity index (χ3v) is 8.28. The van der Waals surface area contributed by atoms with E-state index in [4.69, 9.17) is 9.72 Å². The molecule has 0 saturated carbocycles. The van der Waals surface area contributed by atoms with Crippen molar-refractivity contribution in [3.8, 4) is 11.4 Å². The van der Waals surface area contributed by atoms with E-state index in [0.29, 0.717) is 23.7 Å². The summed E-state index contributed by atoms with van der Waals surface area (Å²) in [4.78, 5) is 43.3. The van der Waals surface area contributed by atoms with Crippen LogP contribution in [0.5, 0.6) is 0 Å². The summed E-state index contributed by atoms with van der Waals surface area (Å²) >= 11 is 0. The molecule has 9 heteroatoms. The minimum absolute atomic E-state index is 0.195. The number of aliphatic hydroxyl groups excluding tert-OH is 1. The van der Waals surface area contributed by atoms with E-state index < -0.39 is 24.1 Å². The Kier molecular flexibility index (Phi) is 5.52. The average Bonchev–Trinajstić information content (AvgIpc) is 3.24. The van der Waals surface area contributed by atoms with Crippen LogP contribution >= 0.6 is 0 Å². The molecule has 38 heavy (non-hydrogen) atoms. The quantitative estimate of drug-likeness (QED) is 0.354. The van der Waals surface area contributed by atoms with Crippen LogP contribution in [0.1, 0.15) is 72.2 Å². The SMILES string of the molecule is Cc1c(CC(C)C)cc2nc3c(c4c2c1CC[C@@H]4NC(=O)CO)Cn1c-3cc2c(c1=O)COC(=O)[C@@]2(C)O. The van der Waals surface area contributed by atoms with Crippen molar-refractivity contribution >= 4 is 22.8 Å². The number of pyridine rings is 2. The Morgan fingerprint density at radius 3 is 2.74 bits per heavy atom. The van der Waals surface area contributed by atoms with Gasteiger partial charge < -0.3 is 24.8 Å².